The first-order valence-corrected chi connectivity index (χ1v) is 12.4. The fourth-order valence-corrected chi connectivity index (χ4v) is 4.68. The number of hydrogen-bond acceptors (Lipinski definition) is 8. The molecule has 0 aliphatic carbocycles. The van der Waals surface area contributed by atoms with Gasteiger partial charge in [0, 0.05) is 44.8 Å². The second-order valence-electron chi connectivity index (χ2n) is 7.91. The monoisotopic (exact) mass is 506 g/mol. The molecule has 10 nitrogen and oxygen atoms in total. The van der Waals surface area contributed by atoms with Gasteiger partial charge in [-0.1, -0.05) is 29.4 Å². The molecular weight excluding hydrogens is 480 g/mol. The Kier molecular flexibility index (Phi) is 7.84. The summed E-state index contributed by atoms with van der Waals surface area (Å²) in [7, 11) is 0. The Bertz CT molecular complexity index is 1060. The molecule has 0 spiro atoms. The number of piperazine rings is 1. The normalized spacial score (nSPS) is 17.0. The number of anilines is 1. The molecule has 182 valence electrons. The molecule has 2 aromatic rings. The van der Waals surface area contributed by atoms with Gasteiger partial charge in [0.1, 0.15) is 11.0 Å². The van der Waals surface area contributed by atoms with E-state index in [-0.39, 0.29) is 30.5 Å². The number of rotatable bonds is 7. The van der Waals surface area contributed by atoms with Crippen molar-refractivity contribution in [1.82, 2.24) is 25.5 Å². The number of hydrogen-bond donors (Lipinski definition) is 2. The number of thioether (sulfide) groups is 1. The van der Waals surface area contributed by atoms with Crippen LogP contribution >= 0.6 is 23.4 Å². The lowest BCUT2D eigenvalue weighted by Gasteiger charge is -2.40. The molecule has 0 radical (unpaired) electrons. The average Bonchev–Trinajstić information content (AvgIpc) is 3.29. The van der Waals surface area contributed by atoms with Crippen LogP contribution in [0.1, 0.15) is 19.4 Å². The standard InChI is InChI=1S/C22H27ClN6O4S/c1-3-24-22(31)29-7-6-28(11-14(29)2)19-9-18(23)26-21(27-19)34-12-20(30)25-10-15-4-5-16-17(8-15)33-13-32-16/h4-5,8-9,14H,3,6-7,10-13H2,1-2H3,(H,24,31)(H,25,30). The van der Waals surface area contributed by atoms with Crippen LogP contribution in [0.15, 0.2) is 29.4 Å². The number of aromatic nitrogens is 2. The summed E-state index contributed by atoms with van der Waals surface area (Å²) in [6.45, 7) is 6.94. The Hall–Kier alpha value is -2.92. The lowest BCUT2D eigenvalue weighted by Crippen LogP contribution is -2.56. The van der Waals surface area contributed by atoms with Crippen LogP contribution in [0, 0.1) is 0 Å². The van der Waals surface area contributed by atoms with E-state index in [4.69, 9.17) is 21.1 Å². The lowest BCUT2D eigenvalue weighted by atomic mass is 10.2. The smallest absolute Gasteiger partial charge is 0.317 e. The van der Waals surface area contributed by atoms with Gasteiger partial charge in [-0.25, -0.2) is 14.8 Å². The average molecular weight is 507 g/mol. The van der Waals surface area contributed by atoms with Crippen molar-refractivity contribution >= 4 is 41.1 Å². The second kappa shape index (κ2) is 11.0. The molecule has 12 heteroatoms. The number of fused-ring (bicyclic) bond motifs is 1. The van der Waals surface area contributed by atoms with Gasteiger partial charge >= 0.3 is 6.03 Å². The summed E-state index contributed by atoms with van der Waals surface area (Å²) in [6.07, 6.45) is 0. The van der Waals surface area contributed by atoms with Gasteiger partial charge in [-0.05, 0) is 31.5 Å². The molecule has 2 aliphatic heterocycles. The summed E-state index contributed by atoms with van der Waals surface area (Å²) in [5, 5.41) is 6.47. The van der Waals surface area contributed by atoms with Crippen LogP contribution in [0.2, 0.25) is 5.15 Å². The first-order valence-electron chi connectivity index (χ1n) is 11.0. The Labute approximate surface area is 207 Å². The number of urea groups is 1. The molecule has 1 saturated heterocycles. The predicted octanol–water partition coefficient (Wildman–Crippen LogP) is 2.51. The Morgan fingerprint density at radius 2 is 2.00 bits per heavy atom. The van der Waals surface area contributed by atoms with Crippen molar-refractivity contribution in [2.45, 2.75) is 31.6 Å². The van der Waals surface area contributed by atoms with E-state index in [1.807, 2.05) is 36.9 Å². The quantitative estimate of drug-likeness (QED) is 0.335. The topological polar surface area (TPSA) is 109 Å². The van der Waals surface area contributed by atoms with Gasteiger partial charge in [-0.3, -0.25) is 4.79 Å². The molecule has 0 saturated carbocycles. The van der Waals surface area contributed by atoms with Crippen LogP contribution in [0.25, 0.3) is 0 Å². The van der Waals surface area contributed by atoms with E-state index in [0.717, 1.165) is 5.56 Å². The van der Waals surface area contributed by atoms with Crippen LogP contribution in [-0.2, 0) is 11.3 Å². The van der Waals surface area contributed by atoms with E-state index < -0.39 is 0 Å². The van der Waals surface area contributed by atoms with E-state index in [1.165, 1.54) is 11.8 Å². The van der Waals surface area contributed by atoms with Gasteiger partial charge in [0.2, 0.25) is 12.7 Å². The molecule has 3 amide bonds. The summed E-state index contributed by atoms with van der Waals surface area (Å²) < 4.78 is 10.7. The largest absolute Gasteiger partial charge is 0.454 e. The zero-order chi connectivity index (χ0) is 24.1. The van der Waals surface area contributed by atoms with Crippen molar-refractivity contribution in [3.8, 4) is 11.5 Å². The SMILES string of the molecule is CCNC(=O)N1CCN(c2cc(Cl)nc(SCC(=O)NCc3ccc4c(c3)OCO4)n2)CC1C. The number of carbonyl (C=O) groups is 2. The van der Waals surface area contributed by atoms with Crippen molar-refractivity contribution in [2.24, 2.45) is 0 Å². The Morgan fingerprint density at radius 3 is 2.79 bits per heavy atom. The highest BCUT2D eigenvalue weighted by Gasteiger charge is 2.28. The van der Waals surface area contributed by atoms with Gasteiger partial charge in [-0.15, -0.1) is 0 Å². The highest BCUT2D eigenvalue weighted by atomic mass is 35.5. The molecular formula is C22H27ClN6O4S. The van der Waals surface area contributed by atoms with Crippen LogP contribution in [-0.4, -0.2) is 71.6 Å². The third-order valence-corrected chi connectivity index (χ3v) is 6.50. The van der Waals surface area contributed by atoms with Crippen LogP contribution in [0.4, 0.5) is 10.6 Å². The number of halogens is 1. The number of amides is 3. The molecule has 1 aromatic carbocycles. The molecule has 3 heterocycles. The number of nitrogens with one attached hydrogen (secondary N) is 2. The minimum atomic E-state index is -0.142. The first kappa shape index (κ1) is 24.2. The maximum atomic E-state index is 12.4. The molecule has 1 fully saturated rings. The van der Waals surface area contributed by atoms with Crippen molar-refractivity contribution in [3.63, 3.8) is 0 Å². The summed E-state index contributed by atoms with van der Waals surface area (Å²) in [6, 6.07) is 7.25. The highest BCUT2D eigenvalue weighted by molar-refractivity contribution is 7.99. The number of benzene rings is 1. The molecule has 1 aromatic heterocycles. The van der Waals surface area contributed by atoms with Crippen LogP contribution in [0.3, 0.4) is 0 Å². The van der Waals surface area contributed by atoms with Gasteiger partial charge in [0.25, 0.3) is 0 Å². The van der Waals surface area contributed by atoms with E-state index in [1.54, 1.807) is 6.07 Å². The van der Waals surface area contributed by atoms with Crippen molar-refractivity contribution < 1.29 is 19.1 Å². The minimum Gasteiger partial charge on any atom is -0.454 e. The molecule has 2 N–H and O–H groups in total. The molecule has 4 rings (SSSR count). The summed E-state index contributed by atoms with van der Waals surface area (Å²) in [5.41, 5.74) is 0.921. The van der Waals surface area contributed by atoms with Crippen LogP contribution in [0.5, 0.6) is 11.5 Å². The van der Waals surface area contributed by atoms with E-state index >= 15 is 0 Å². The summed E-state index contributed by atoms with van der Waals surface area (Å²) >= 11 is 7.46. The van der Waals surface area contributed by atoms with Gasteiger partial charge in [0.15, 0.2) is 16.7 Å². The molecule has 2 aliphatic rings. The fourth-order valence-electron chi connectivity index (χ4n) is 3.76. The third kappa shape index (κ3) is 5.95. The maximum absolute atomic E-state index is 12.4. The summed E-state index contributed by atoms with van der Waals surface area (Å²) in [4.78, 5) is 37.3. The molecule has 0 bridgehead atoms. The Morgan fingerprint density at radius 1 is 1.18 bits per heavy atom. The van der Waals surface area contributed by atoms with Crippen LogP contribution < -0.4 is 25.0 Å². The third-order valence-electron chi connectivity index (χ3n) is 5.46. The van der Waals surface area contributed by atoms with Gasteiger partial charge in [-0.2, -0.15) is 0 Å². The van der Waals surface area contributed by atoms with Crippen molar-refractivity contribution in [1.29, 1.82) is 0 Å². The van der Waals surface area contributed by atoms with Gasteiger partial charge in [0.05, 0.1) is 5.75 Å². The number of nitrogens with zero attached hydrogens (tertiary/aromatic N) is 4. The number of ether oxygens (including phenoxy) is 2. The van der Waals surface area contributed by atoms with Crippen molar-refractivity contribution in [3.05, 3.63) is 35.0 Å². The van der Waals surface area contributed by atoms with Crippen molar-refractivity contribution in [2.75, 3.05) is 43.6 Å². The zero-order valence-corrected chi connectivity index (χ0v) is 20.6. The zero-order valence-electron chi connectivity index (χ0n) is 19.0. The maximum Gasteiger partial charge on any atom is 0.317 e. The van der Waals surface area contributed by atoms with E-state index in [9.17, 15) is 9.59 Å². The van der Waals surface area contributed by atoms with E-state index in [0.29, 0.717) is 60.4 Å². The second-order valence-corrected chi connectivity index (χ2v) is 9.24. The highest BCUT2D eigenvalue weighted by Crippen LogP contribution is 2.32. The summed E-state index contributed by atoms with van der Waals surface area (Å²) in [5.74, 6) is 2.09. The fraction of sp³-hybridized carbons (Fsp3) is 0.455. The first-order chi connectivity index (χ1) is 16.4. The Balaban J connectivity index is 1.30. The number of carbonyl (C=O) groups excluding carboxylic acids is 2. The molecule has 1 unspecified atom stereocenters. The van der Waals surface area contributed by atoms with E-state index in [2.05, 4.69) is 25.5 Å². The lowest BCUT2D eigenvalue weighted by molar-refractivity contribution is -0.118. The molecule has 34 heavy (non-hydrogen) atoms. The predicted molar refractivity (Wildman–Crippen MR) is 130 cm³/mol. The minimum absolute atomic E-state index is 0.0205. The molecule has 1 atom stereocenters. The van der Waals surface area contributed by atoms with Gasteiger partial charge < -0.3 is 29.9 Å².